The number of ketones is 2. The van der Waals surface area contributed by atoms with Crippen molar-refractivity contribution < 1.29 is 43.8 Å². The summed E-state index contributed by atoms with van der Waals surface area (Å²) in [6, 6.07) is 38.1. The molecule has 5 aromatic rings. The van der Waals surface area contributed by atoms with Crippen molar-refractivity contribution in [3.63, 3.8) is 0 Å². The van der Waals surface area contributed by atoms with E-state index in [2.05, 4.69) is 82.6 Å². The normalized spacial score (nSPS) is 7.31. The Balaban J connectivity index is -0.0000000788. The third kappa shape index (κ3) is 47.1. The van der Waals surface area contributed by atoms with Gasteiger partial charge in [-0.3, -0.25) is 24.0 Å². The third-order valence-corrected chi connectivity index (χ3v) is 5.27. The summed E-state index contributed by atoms with van der Waals surface area (Å²) in [5.74, 6) is -1.59. The summed E-state index contributed by atoms with van der Waals surface area (Å²) < 4.78 is 0. The number of nitrogens with one attached hydrogen (secondary N) is 1. The molecule has 13 nitrogen and oxygen atoms in total. The number of hydrogen-bond donors (Lipinski definition) is 5. The highest BCUT2D eigenvalue weighted by atomic mass is 35.5. The van der Waals surface area contributed by atoms with Crippen LogP contribution in [0.25, 0.3) is 22.6 Å². The molecule has 342 valence electrons. The Bertz CT molecular complexity index is 1730. The van der Waals surface area contributed by atoms with Crippen LogP contribution in [-0.4, -0.2) is 81.7 Å². The molecule has 0 aliphatic heterocycles. The molecule has 4 aromatic carbocycles. The molecule has 9 N–H and O–H groups in total. The summed E-state index contributed by atoms with van der Waals surface area (Å²) in [5, 5.41) is 14.8. The van der Waals surface area contributed by atoms with Crippen LogP contribution in [0.5, 0.6) is 0 Å². The molecule has 0 amide bonds. The standard InChI is InChI=1S/C16H14N2.C9H8O2.C7H6O.2C2H4O2.C2H6.4CH3Cl.CO2.CH4.2H3N/c1-12-15(13-8-4-2-5-9-13)18-16(17-12)14-10-6-3-7-11-14;1-7(10)9(11)8-5-3-2-4-6-8;8-6-7-4-2-1-3-5-7;2*1-2(3)4;5*1-2;2-1-3;;;/h2-11H,1H3,(H,17,18);2-6H,1H3;1-6H;2*1H3,(H,3,4);1-2H3;4*1H3;;1H4;2*1H3. The lowest BCUT2D eigenvalue weighted by Gasteiger charge is -1.96. The summed E-state index contributed by atoms with van der Waals surface area (Å²) in [6.45, 7) is 9.50. The number of aldehydes is 1. The number of carboxylic acid groups (broad SMARTS) is 2. The maximum atomic E-state index is 11.0. The van der Waals surface area contributed by atoms with Gasteiger partial charge in [0.05, 0.1) is 5.69 Å². The molecular formula is C44H64Cl4N4O9. The van der Waals surface area contributed by atoms with Crippen molar-refractivity contribution in [3.05, 3.63) is 138 Å². The van der Waals surface area contributed by atoms with E-state index in [-0.39, 0.29) is 25.9 Å². The number of aromatic nitrogens is 2. The Morgan fingerprint density at radius 2 is 0.869 bits per heavy atom. The van der Waals surface area contributed by atoms with E-state index in [0.717, 1.165) is 54.0 Å². The maximum absolute atomic E-state index is 11.0. The monoisotopic (exact) mass is 932 g/mol. The molecule has 0 atom stereocenters. The number of hydrogen-bond acceptors (Lipinski definition) is 10. The van der Waals surface area contributed by atoms with Gasteiger partial charge in [-0.1, -0.05) is 143 Å². The predicted molar refractivity (Wildman–Crippen MR) is 254 cm³/mol. The molecule has 0 spiro atoms. The molecular weight excluding hydrogens is 870 g/mol. The molecule has 0 aliphatic rings. The van der Waals surface area contributed by atoms with Crippen LogP contribution in [0.2, 0.25) is 0 Å². The van der Waals surface area contributed by atoms with E-state index in [4.69, 9.17) is 34.4 Å². The first-order valence-electron chi connectivity index (χ1n) is 16.5. The van der Waals surface area contributed by atoms with Crippen molar-refractivity contribution in [2.24, 2.45) is 0 Å². The zero-order chi connectivity index (χ0) is 46.3. The smallest absolute Gasteiger partial charge is 0.373 e. The van der Waals surface area contributed by atoms with Crippen molar-refractivity contribution in [2.45, 2.75) is 49.0 Å². The number of aliphatic carboxylic acids is 2. The summed E-state index contributed by atoms with van der Waals surface area (Å²) >= 11 is 18.6. The fourth-order valence-electron chi connectivity index (χ4n) is 3.39. The maximum Gasteiger partial charge on any atom is 0.373 e. The number of alkyl halides is 4. The van der Waals surface area contributed by atoms with Gasteiger partial charge in [-0.15, -0.1) is 46.4 Å². The van der Waals surface area contributed by atoms with Gasteiger partial charge in [-0.2, -0.15) is 9.59 Å². The number of halogens is 4. The Kier molecular flexibility index (Phi) is 73.5. The van der Waals surface area contributed by atoms with E-state index in [1.54, 1.807) is 42.5 Å². The number of aryl methyl sites for hydroxylation is 1. The molecule has 0 bridgehead atoms. The average Bonchev–Trinajstić information content (AvgIpc) is 3.67. The highest BCUT2D eigenvalue weighted by Crippen LogP contribution is 2.25. The average molecular weight is 935 g/mol. The number of rotatable bonds is 5. The highest BCUT2D eigenvalue weighted by Gasteiger charge is 2.10. The zero-order valence-electron chi connectivity index (χ0n) is 35.7. The second-order valence-corrected chi connectivity index (χ2v) is 9.19. The highest BCUT2D eigenvalue weighted by molar-refractivity contribution is 6.42. The summed E-state index contributed by atoms with van der Waals surface area (Å²) in [7, 11) is 0. The van der Waals surface area contributed by atoms with Crippen LogP contribution in [0, 0.1) is 6.92 Å². The van der Waals surface area contributed by atoms with E-state index in [1.165, 1.54) is 32.5 Å². The molecule has 1 aromatic heterocycles. The van der Waals surface area contributed by atoms with Gasteiger partial charge in [0.25, 0.3) is 11.9 Å². The van der Waals surface area contributed by atoms with Crippen molar-refractivity contribution in [1.82, 2.24) is 22.3 Å². The Morgan fingerprint density at radius 3 is 1.15 bits per heavy atom. The van der Waals surface area contributed by atoms with Gasteiger partial charge in [0.1, 0.15) is 12.1 Å². The number of carboxylic acids is 2. The second kappa shape index (κ2) is 58.8. The van der Waals surface area contributed by atoms with Crippen LogP contribution < -0.4 is 12.3 Å². The van der Waals surface area contributed by atoms with E-state index in [1.807, 2.05) is 68.4 Å². The molecule has 17 heteroatoms. The van der Waals surface area contributed by atoms with E-state index >= 15 is 0 Å². The van der Waals surface area contributed by atoms with Crippen LogP contribution in [0.4, 0.5) is 0 Å². The SMILES string of the molecule is C.CC.CC(=O)C(=O)c1ccccc1.CC(=O)O.CC(=O)O.CCl.CCl.CCl.CCl.Cc1[nH]c(-c2ccccc2)nc1-c1ccccc1.N.N.O=C=O.O=Cc1ccccc1. The first-order chi connectivity index (χ1) is 27.9. The number of Topliss-reactive ketones (excluding diaryl/α,β-unsaturated/α-hetero) is 2. The van der Waals surface area contributed by atoms with E-state index < -0.39 is 23.5 Å². The number of carbonyl (C=O) groups excluding carboxylic acids is 5. The van der Waals surface area contributed by atoms with E-state index in [9.17, 15) is 14.4 Å². The minimum absolute atomic E-state index is 0. The number of H-pyrrole nitrogens is 1. The van der Waals surface area contributed by atoms with Crippen molar-refractivity contribution in [1.29, 1.82) is 0 Å². The minimum Gasteiger partial charge on any atom is -0.481 e. The van der Waals surface area contributed by atoms with Crippen LogP contribution in [0.15, 0.2) is 121 Å². The Hall–Kier alpha value is -5.50. The summed E-state index contributed by atoms with van der Waals surface area (Å²) in [4.78, 5) is 73.9. The van der Waals surface area contributed by atoms with Crippen LogP contribution in [0.3, 0.4) is 0 Å². The first kappa shape index (κ1) is 76.2. The molecule has 5 rings (SSSR count). The molecule has 0 unspecified atom stereocenters. The molecule has 0 radical (unpaired) electrons. The number of carbonyl (C=O) groups is 5. The lowest BCUT2D eigenvalue weighted by molar-refractivity contribution is -0.191. The summed E-state index contributed by atoms with van der Waals surface area (Å²) in [5.41, 5.74) is 5.57. The number of imidazole rings is 1. The first-order valence-corrected chi connectivity index (χ1v) is 19.6. The van der Waals surface area contributed by atoms with Crippen molar-refractivity contribution >= 4 is 82.3 Å². The number of aromatic amines is 1. The topological polar surface area (TPSA) is 259 Å². The lowest BCUT2D eigenvalue weighted by Crippen LogP contribution is -2.08. The quantitative estimate of drug-likeness (QED) is 0.0477. The van der Waals surface area contributed by atoms with Gasteiger partial charge in [-0.25, -0.2) is 4.98 Å². The van der Waals surface area contributed by atoms with Crippen LogP contribution in [0.1, 0.15) is 68.5 Å². The molecule has 0 aliphatic carbocycles. The Labute approximate surface area is 382 Å². The molecule has 61 heavy (non-hydrogen) atoms. The fraction of sp³-hybridized carbons (Fsp3) is 0.250. The lowest BCUT2D eigenvalue weighted by atomic mass is 10.1. The summed E-state index contributed by atoms with van der Waals surface area (Å²) in [6.07, 6.45) is 6.97. The van der Waals surface area contributed by atoms with Crippen LogP contribution in [-0.2, 0) is 24.0 Å². The second-order valence-electron chi connectivity index (χ2n) is 9.19. The molecule has 0 saturated heterocycles. The van der Waals surface area contributed by atoms with Gasteiger partial charge in [0.2, 0.25) is 5.78 Å². The van der Waals surface area contributed by atoms with Crippen molar-refractivity contribution in [2.75, 3.05) is 25.5 Å². The minimum atomic E-state index is -0.833. The van der Waals surface area contributed by atoms with E-state index in [0.29, 0.717) is 5.56 Å². The largest absolute Gasteiger partial charge is 0.481 e. The van der Waals surface area contributed by atoms with Gasteiger partial charge < -0.3 is 27.5 Å². The van der Waals surface area contributed by atoms with Crippen LogP contribution >= 0.6 is 46.4 Å². The van der Waals surface area contributed by atoms with Gasteiger partial charge in [0.15, 0.2) is 5.78 Å². The van der Waals surface area contributed by atoms with Gasteiger partial charge in [-0.05, 0) is 6.92 Å². The fourth-order valence-corrected chi connectivity index (χ4v) is 3.39. The third-order valence-electron chi connectivity index (χ3n) is 5.27. The molecule has 1 heterocycles. The predicted octanol–water partition coefficient (Wildman–Crippen LogP) is 12.0. The number of benzene rings is 4. The number of nitrogens with zero attached hydrogens (tertiary/aromatic N) is 1. The van der Waals surface area contributed by atoms with Crippen molar-refractivity contribution in [3.8, 4) is 22.6 Å². The van der Waals surface area contributed by atoms with Gasteiger partial charge in [0, 0.05) is 74.3 Å². The molecule has 0 fully saturated rings. The Morgan fingerprint density at radius 1 is 0.590 bits per heavy atom. The van der Waals surface area contributed by atoms with Gasteiger partial charge >= 0.3 is 6.15 Å². The molecule has 0 saturated carbocycles. The zero-order valence-corrected chi connectivity index (χ0v) is 38.8.